The fourth-order valence-corrected chi connectivity index (χ4v) is 1.68. The quantitative estimate of drug-likeness (QED) is 0.831. The first-order valence-electron chi connectivity index (χ1n) is 4.99. The van der Waals surface area contributed by atoms with Crippen molar-refractivity contribution in [2.75, 3.05) is 13.3 Å². The summed E-state index contributed by atoms with van der Waals surface area (Å²) in [4.78, 5) is 0. The molecular weight excluding hydrogens is 197 g/mol. The molecule has 0 fully saturated rings. The van der Waals surface area contributed by atoms with Crippen molar-refractivity contribution in [3.05, 3.63) is 23.3 Å². The Balaban J connectivity index is 2.43. The lowest BCUT2D eigenvalue weighted by atomic mass is 10.0. The standard InChI is InChI=1S/C11H14FNO2/c1-7(12)9-4-8(2-3-13)11-10(5-9)14-6-15-11/h4-5,7H,2-3,6,13H2,1H3. The van der Waals surface area contributed by atoms with Crippen LogP contribution in [0.2, 0.25) is 0 Å². The van der Waals surface area contributed by atoms with Gasteiger partial charge in [0.2, 0.25) is 6.79 Å². The number of halogens is 1. The lowest BCUT2D eigenvalue weighted by molar-refractivity contribution is 0.173. The predicted octanol–water partition coefficient (Wildman–Crippen LogP) is 1.95. The van der Waals surface area contributed by atoms with Crippen molar-refractivity contribution in [1.29, 1.82) is 0 Å². The molecule has 82 valence electrons. The van der Waals surface area contributed by atoms with Gasteiger partial charge >= 0.3 is 0 Å². The maximum absolute atomic E-state index is 13.2. The molecule has 4 heteroatoms. The highest BCUT2D eigenvalue weighted by Gasteiger charge is 2.20. The predicted molar refractivity (Wildman–Crippen MR) is 54.8 cm³/mol. The van der Waals surface area contributed by atoms with Gasteiger partial charge in [0.05, 0.1) is 0 Å². The molecule has 0 spiro atoms. The molecule has 0 aliphatic carbocycles. The van der Waals surface area contributed by atoms with Crippen LogP contribution in [0.3, 0.4) is 0 Å². The number of fused-ring (bicyclic) bond motifs is 1. The van der Waals surface area contributed by atoms with Crippen LogP contribution in [0.15, 0.2) is 12.1 Å². The lowest BCUT2D eigenvalue weighted by Gasteiger charge is -2.09. The topological polar surface area (TPSA) is 44.5 Å². The van der Waals surface area contributed by atoms with Crippen molar-refractivity contribution in [1.82, 2.24) is 0 Å². The number of benzene rings is 1. The molecule has 1 aromatic carbocycles. The molecule has 1 atom stereocenters. The molecular formula is C11H14FNO2. The van der Waals surface area contributed by atoms with Gasteiger partial charge in [0.1, 0.15) is 6.17 Å². The molecule has 0 saturated heterocycles. The van der Waals surface area contributed by atoms with Crippen molar-refractivity contribution >= 4 is 0 Å². The van der Waals surface area contributed by atoms with Crippen LogP contribution in [-0.2, 0) is 6.42 Å². The second-order valence-corrected chi connectivity index (χ2v) is 3.57. The third kappa shape index (κ3) is 1.90. The Kier molecular flexibility index (Phi) is 2.77. The van der Waals surface area contributed by atoms with E-state index in [1.165, 1.54) is 6.92 Å². The summed E-state index contributed by atoms with van der Waals surface area (Å²) in [6, 6.07) is 3.48. The van der Waals surface area contributed by atoms with E-state index in [2.05, 4.69) is 0 Å². The Morgan fingerprint density at radius 1 is 1.47 bits per heavy atom. The number of rotatable bonds is 3. The monoisotopic (exact) mass is 211 g/mol. The highest BCUT2D eigenvalue weighted by molar-refractivity contribution is 5.51. The first-order chi connectivity index (χ1) is 7.22. The summed E-state index contributed by atoms with van der Waals surface area (Å²) in [6.45, 7) is 2.22. The smallest absolute Gasteiger partial charge is 0.231 e. The molecule has 1 heterocycles. The fourth-order valence-electron chi connectivity index (χ4n) is 1.68. The van der Waals surface area contributed by atoms with Crippen LogP contribution in [-0.4, -0.2) is 13.3 Å². The minimum absolute atomic E-state index is 0.205. The minimum atomic E-state index is -1.00. The van der Waals surface area contributed by atoms with Gasteiger partial charge in [-0.05, 0) is 43.1 Å². The SMILES string of the molecule is CC(F)c1cc(CCN)c2c(c1)OCO2. The highest BCUT2D eigenvalue weighted by atomic mass is 19.1. The van der Waals surface area contributed by atoms with Gasteiger partial charge in [0, 0.05) is 0 Å². The summed E-state index contributed by atoms with van der Waals surface area (Å²) in [5.74, 6) is 1.34. The van der Waals surface area contributed by atoms with E-state index in [9.17, 15) is 4.39 Å². The molecule has 0 aromatic heterocycles. The fraction of sp³-hybridized carbons (Fsp3) is 0.455. The van der Waals surface area contributed by atoms with Gasteiger partial charge in [-0.3, -0.25) is 0 Å². The van der Waals surface area contributed by atoms with Gasteiger partial charge in [-0.2, -0.15) is 0 Å². The average molecular weight is 211 g/mol. The molecule has 1 unspecified atom stereocenters. The summed E-state index contributed by atoms with van der Waals surface area (Å²) < 4.78 is 23.8. The second kappa shape index (κ2) is 4.06. The molecule has 0 radical (unpaired) electrons. The van der Waals surface area contributed by atoms with Crippen LogP contribution in [0.1, 0.15) is 24.2 Å². The van der Waals surface area contributed by atoms with Gasteiger partial charge in [-0.15, -0.1) is 0 Å². The maximum Gasteiger partial charge on any atom is 0.231 e. The van der Waals surface area contributed by atoms with Gasteiger partial charge in [-0.25, -0.2) is 4.39 Å². The van der Waals surface area contributed by atoms with E-state index >= 15 is 0 Å². The summed E-state index contributed by atoms with van der Waals surface area (Å²) in [5.41, 5.74) is 7.03. The van der Waals surface area contributed by atoms with Crippen LogP contribution in [0.25, 0.3) is 0 Å². The third-order valence-electron chi connectivity index (χ3n) is 2.44. The van der Waals surface area contributed by atoms with Crippen molar-refractivity contribution in [2.24, 2.45) is 5.73 Å². The molecule has 2 N–H and O–H groups in total. The molecule has 0 bridgehead atoms. The van der Waals surface area contributed by atoms with Crippen LogP contribution in [0.5, 0.6) is 11.5 Å². The number of hydrogen-bond donors (Lipinski definition) is 1. The summed E-state index contributed by atoms with van der Waals surface area (Å²) in [7, 11) is 0. The molecule has 2 rings (SSSR count). The van der Waals surface area contributed by atoms with Crippen molar-refractivity contribution < 1.29 is 13.9 Å². The summed E-state index contributed by atoms with van der Waals surface area (Å²) in [5, 5.41) is 0. The zero-order chi connectivity index (χ0) is 10.8. The van der Waals surface area contributed by atoms with E-state index in [4.69, 9.17) is 15.2 Å². The minimum Gasteiger partial charge on any atom is -0.454 e. The van der Waals surface area contributed by atoms with Gasteiger partial charge < -0.3 is 15.2 Å². The maximum atomic E-state index is 13.2. The molecule has 0 saturated carbocycles. The Hall–Kier alpha value is -1.29. The Morgan fingerprint density at radius 2 is 2.27 bits per heavy atom. The zero-order valence-electron chi connectivity index (χ0n) is 8.63. The Labute approximate surface area is 88.0 Å². The van der Waals surface area contributed by atoms with Crippen LogP contribution in [0.4, 0.5) is 4.39 Å². The van der Waals surface area contributed by atoms with E-state index in [1.54, 1.807) is 12.1 Å². The molecule has 1 aliphatic heterocycles. The second-order valence-electron chi connectivity index (χ2n) is 3.57. The third-order valence-corrected chi connectivity index (χ3v) is 2.44. The Morgan fingerprint density at radius 3 is 2.93 bits per heavy atom. The number of ether oxygens (including phenoxy) is 2. The molecule has 3 nitrogen and oxygen atoms in total. The van der Waals surface area contributed by atoms with E-state index in [0.29, 0.717) is 30.0 Å². The summed E-state index contributed by atoms with van der Waals surface area (Å²) in [6.07, 6.45) is -0.331. The van der Waals surface area contributed by atoms with Crippen molar-refractivity contribution in [3.63, 3.8) is 0 Å². The van der Waals surface area contributed by atoms with Gasteiger partial charge in [0.15, 0.2) is 11.5 Å². The van der Waals surface area contributed by atoms with Crippen molar-refractivity contribution in [2.45, 2.75) is 19.5 Å². The van der Waals surface area contributed by atoms with Crippen LogP contribution >= 0.6 is 0 Å². The molecule has 15 heavy (non-hydrogen) atoms. The average Bonchev–Trinajstić information content (AvgIpc) is 2.65. The molecule has 1 aromatic rings. The van der Waals surface area contributed by atoms with Crippen LogP contribution in [0, 0.1) is 0 Å². The van der Waals surface area contributed by atoms with E-state index in [0.717, 1.165) is 5.56 Å². The number of nitrogens with two attached hydrogens (primary N) is 1. The normalized spacial score (nSPS) is 15.4. The summed E-state index contributed by atoms with van der Waals surface area (Å²) >= 11 is 0. The van der Waals surface area contributed by atoms with Crippen LogP contribution < -0.4 is 15.2 Å². The van der Waals surface area contributed by atoms with Gasteiger partial charge in [0.25, 0.3) is 0 Å². The highest BCUT2D eigenvalue weighted by Crippen LogP contribution is 2.38. The lowest BCUT2D eigenvalue weighted by Crippen LogP contribution is -2.04. The largest absolute Gasteiger partial charge is 0.454 e. The zero-order valence-corrected chi connectivity index (χ0v) is 8.63. The number of hydrogen-bond acceptors (Lipinski definition) is 3. The Bertz CT molecular complexity index is 366. The van der Waals surface area contributed by atoms with Gasteiger partial charge in [-0.1, -0.05) is 0 Å². The molecule has 1 aliphatic rings. The first kappa shape index (κ1) is 10.2. The molecule has 0 amide bonds. The first-order valence-corrected chi connectivity index (χ1v) is 4.99. The van der Waals surface area contributed by atoms with E-state index in [-0.39, 0.29) is 6.79 Å². The van der Waals surface area contributed by atoms with Crippen molar-refractivity contribution in [3.8, 4) is 11.5 Å². The van der Waals surface area contributed by atoms with E-state index < -0.39 is 6.17 Å². The number of alkyl halides is 1. The van der Waals surface area contributed by atoms with E-state index in [1.807, 2.05) is 0 Å².